The maximum absolute atomic E-state index is 12.9. The quantitative estimate of drug-likeness (QED) is 0.860. The van der Waals surface area contributed by atoms with Gasteiger partial charge in [-0.1, -0.05) is 18.2 Å². The summed E-state index contributed by atoms with van der Waals surface area (Å²) in [4.78, 5) is 12.9. The molecule has 0 radical (unpaired) electrons. The zero-order chi connectivity index (χ0) is 19.7. The fourth-order valence-corrected chi connectivity index (χ4v) is 3.53. The smallest absolute Gasteiger partial charge is 0.245 e. The Labute approximate surface area is 163 Å². The van der Waals surface area contributed by atoms with Crippen molar-refractivity contribution in [2.45, 2.75) is 31.9 Å². The van der Waals surface area contributed by atoms with Crippen molar-refractivity contribution in [2.24, 2.45) is 5.10 Å². The summed E-state index contributed by atoms with van der Waals surface area (Å²) < 4.78 is 15.9. The zero-order valence-corrected chi connectivity index (χ0v) is 15.8. The van der Waals surface area contributed by atoms with Crippen molar-refractivity contribution in [3.63, 3.8) is 0 Å². The first-order valence-electron chi connectivity index (χ1n) is 9.12. The van der Waals surface area contributed by atoms with Crippen LogP contribution >= 0.6 is 0 Å². The molecule has 1 N–H and O–H groups in total. The molecule has 0 aromatic heterocycles. The van der Waals surface area contributed by atoms with Gasteiger partial charge in [-0.25, -0.2) is 0 Å². The lowest BCUT2D eigenvalue weighted by atomic mass is 9.97. The van der Waals surface area contributed by atoms with Crippen LogP contribution in [0, 0.1) is 0 Å². The third-order valence-electron chi connectivity index (χ3n) is 4.96. The number of hydrazone groups is 1. The minimum Gasteiger partial charge on any atom is -0.497 e. The van der Waals surface area contributed by atoms with Crippen molar-refractivity contribution < 1.29 is 24.1 Å². The Kier molecular flexibility index (Phi) is 4.68. The lowest BCUT2D eigenvalue weighted by molar-refractivity contribution is -0.157. The molecule has 0 fully saturated rings. The van der Waals surface area contributed by atoms with Crippen LogP contribution in [0.4, 0.5) is 0 Å². The van der Waals surface area contributed by atoms with E-state index in [1.165, 1.54) is 5.01 Å². The van der Waals surface area contributed by atoms with Gasteiger partial charge in [0.05, 0.1) is 7.11 Å². The van der Waals surface area contributed by atoms with E-state index in [-0.39, 0.29) is 25.5 Å². The minimum absolute atomic E-state index is 0.211. The van der Waals surface area contributed by atoms with Crippen LogP contribution in [-0.4, -0.2) is 35.6 Å². The van der Waals surface area contributed by atoms with Crippen LogP contribution in [0.25, 0.3) is 0 Å². The van der Waals surface area contributed by atoms with E-state index in [4.69, 9.17) is 14.2 Å². The molecule has 0 aliphatic carbocycles. The second-order valence-electron chi connectivity index (χ2n) is 6.95. The first kappa shape index (κ1) is 18.3. The highest BCUT2D eigenvalue weighted by Crippen LogP contribution is 2.37. The molecule has 7 nitrogen and oxygen atoms in total. The van der Waals surface area contributed by atoms with Crippen LogP contribution < -0.4 is 14.2 Å². The Hall–Kier alpha value is -3.06. The van der Waals surface area contributed by atoms with Gasteiger partial charge in [-0.05, 0) is 43.2 Å². The number of rotatable bonds is 5. The van der Waals surface area contributed by atoms with Gasteiger partial charge >= 0.3 is 0 Å². The number of hydrogen-bond acceptors (Lipinski definition) is 6. The number of amides is 1. The van der Waals surface area contributed by atoms with Gasteiger partial charge in [0.15, 0.2) is 17.2 Å². The molecular weight excluding hydrogens is 360 g/mol. The van der Waals surface area contributed by atoms with Crippen LogP contribution in [0.2, 0.25) is 0 Å². The first-order valence-corrected chi connectivity index (χ1v) is 9.12. The van der Waals surface area contributed by atoms with Crippen molar-refractivity contribution >= 4 is 11.6 Å². The van der Waals surface area contributed by atoms with Crippen LogP contribution in [0.5, 0.6) is 17.2 Å². The van der Waals surface area contributed by atoms with Crippen molar-refractivity contribution in [1.82, 2.24) is 5.01 Å². The van der Waals surface area contributed by atoms with E-state index in [9.17, 15) is 9.90 Å². The summed E-state index contributed by atoms with van der Waals surface area (Å²) in [5.74, 6) is 1.76. The molecule has 4 rings (SSSR count). The van der Waals surface area contributed by atoms with Crippen LogP contribution in [0.3, 0.4) is 0 Å². The molecule has 2 heterocycles. The van der Waals surface area contributed by atoms with E-state index in [1.54, 1.807) is 38.3 Å². The molecule has 2 aromatic carbocycles. The summed E-state index contributed by atoms with van der Waals surface area (Å²) in [6.07, 6.45) is 0.980. The summed E-state index contributed by atoms with van der Waals surface area (Å²) >= 11 is 0. The zero-order valence-electron chi connectivity index (χ0n) is 15.8. The number of carbonyl (C=O) groups excluding carboxylic acids is 1. The summed E-state index contributed by atoms with van der Waals surface area (Å²) in [5.41, 5.74) is 0.720. The van der Waals surface area contributed by atoms with Gasteiger partial charge in [0.1, 0.15) is 5.75 Å². The molecule has 2 aromatic rings. The SMILES string of the molecule is COc1cccc([C@@]2(O)CC(C)=NN2C(=O)CCc2ccc3c(c2)OCO3)c1. The second kappa shape index (κ2) is 7.16. The van der Waals surface area contributed by atoms with Crippen molar-refractivity contribution in [1.29, 1.82) is 0 Å². The van der Waals surface area contributed by atoms with Crippen molar-refractivity contribution in [3.8, 4) is 17.2 Å². The molecule has 2 aliphatic heterocycles. The predicted molar refractivity (Wildman–Crippen MR) is 102 cm³/mol. The fourth-order valence-electron chi connectivity index (χ4n) is 3.53. The molecule has 7 heteroatoms. The molecule has 0 spiro atoms. The molecule has 0 unspecified atom stereocenters. The average Bonchev–Trinajstić information content (AvgIpc) is 3.30. The predicted octanol–water partition coefficient (Wildman–Crippen LogP) is 2.81. The monoisotopic (exact) mass is 382 g/mol. The van der Waals surface area contributed by atoms with Gasteiger partial charge in [0.25, 0.3) is 0 Å². The third-order valence-corrected chi connectivity index (χ3v) is 4.96. The lowest BCUT2D eigenvalue weighted by Crippen LogP contribution is -2.43. The van der Waals surface area contributed by atoms with Gasteiger partial charge in [-0.3, -0.25) is 4.79 Å². The average molecular weight is 382 g/mol. The summed E-state index contributed by atoms with van der Waals surface area (Å²) in [6.45, 7) is 2.02. The van der Waals surface area contributed by atoms with Crippen molar-refractivity contribution in [3.05, 3.63) is 53.6 Å². The number of ether oxygens (including phenoxy) is 3. The Morgan fingerprint density at radius 1 is 1.25 bits per heavy atom. The largest absolute Gasteiger partial charge is 0.497 e. The van der Waals surface area contributed by atoms with Gasteiger partial charge in [0, 0.05) is 24.1 Å². The molecule has 0 saturated heterocycles. The Morgan fingerprint density at radius 3 is 2.89 bits per heavy atom. The topological polar surface area (TPSA) is 80.6 Å². The second-order valence-corrected chi connectivity index (χ2v) is 6.95. The minimum atomic E-state index is -1.51. The van der Waals surface area contributed by atoms with E-state index < -0.39 is 5.72 Å². The van der Waals surface area contributed by atoms with E-state index in [2.05, 4.69) is 5.10 Å². The summed E-state index contributed by atoms with van der Waals surface area (Å²) in [7, 11) is 1.56. The number of benzene rings is 2. The number of fused-ring (bicyclic) bond motifs is 1. The first-order chi connectivity index (χ1) is 13.5. The lowest BCUT2D eigenvalue weighted by Gasteiger charge is -2.31. The summed E-state index contributed by atoms with van der Waals surface area (Å²) in [5, 5.41) is 16.8. The maximum Gasteiger partial charge on any atom is 0.245 e. The summed E-state index contributed by atoms with van der Waals surface area (Å²) in [6, 6.07) is 12.7. The molecule has 0 saturated carbocycles. The van der Waals surface area contributed by atoms with E-state index in [0.29, 0.717) is 34.9 Å². The van der Waals surface area contributed by atoms with Gasteiger partial charge in [-0.2, -0.15) is 10.1 Å². The highest BCUT2D eigenvalue weighted by molar-refractivity contribution is 5.89. The number of nitrogens with zero attached hydrogens (tertiary/aromatic N) is 2. The highest BCUT2D eigenvalue weighted by Gasteiger charge is 2.44. The molecule has 146 valence electrons. The fraction of sp³-hybridized carbons (Fsp3) is 0.333. The third kappa shape index (κ3) is 3.29. The van der Waals surface area contributed by atoms with Gasteiger partial charge in [-0.15, -0.1) is 0 Å². The number of carbonyl (C=O) groups is 1. The highest BCUT2D eigenvalue weighted by atomic mass is 16.7. The van der Waals surface area contributed by atoms with E-state index in [1.807, 2.05) is 18.2 Å². The van der Waals surface area contributed by atoms with Crippen LogP contribution in [-0.2, 0) is 16.9 Å². The van der Waals surface area contributed by atoms with Crippen LogP contribution in [0.1, 0.15) is 30.9 Å². The number of aryl methyl sites for hydroxylation is 1. The Balaban J connectivity index is 1.51. The Morgan fingerprint density at radius 2 is 2.07 bits per heavy atom. The molecule has 2 aliphatic rings. The molecule has 28 heavy (non-hydrogen) atoms. The molecular formula is C21H22N2O5. The van der Waals surface area contributed by atoms with Crippen LogP contribution in [0.15, 0.2) is 47.6 Å². The number of aliphatic hydroxyl groups is 1. The number of methoxy groups -OCH3 is 1. The molecule has 1 atom stereocenters. The molecule has 1 amide bonds. The van der Waals surface area contributed by atoms with Gasteiger partial charge < -0.3 is 19.3 Å². The standard InChI is InChI=1S/C21H22N2O5/c1-14-12-21(25,16-4-3-5-17(11-16)26-2)23(22-14)20(24)9-7-15-6-8-18-19(10-15)28-13-27-18/h3-6,8,10-11,25H,7,9,12-13H2,1-2H3/t21-/m0/s1. The van der Waals surface area contributed by atoms with E-state index in [0.717, 1.165) is 5.56 Å². The van der Waals surface area contributed by atoms with E-state index >= 15 is 0 Å². The number of hydrogen-bond donors (Lipinski definition) is 1. The Bertz CT molecular complexity index is 942. The molecule has 0 bridgehead atoms. The van der Waals surface area contributed by atoms with Crippen molar-refractivity contribution in [2.75, 3.05) is 13.9 Å². The van der Waals surface area contributed by atoms with Gasteiger partial charge in [0.2, 0.25) is 12.7 Å². The maximum atomic E-state index is 12.9. The normalized spacial score (nSPS) is 20.2.